The molecule has 0 aliphatic carbocycles. The Kier molecular flexibility index (Phi) is 6.13. The first-order valence-electron chi connectivity index (χ1n) is 8.72. The van der Waals surface area contributed by atoms with Crippen LogP contribution >= 0.6 is 11.6 Å². The van der Waals surface area contributed by atoms with Gasteiger partial charge in [0.25, 0.3) is 0 Å². The van der Waals surface area contributed by atoms with E-state index in [0.717, 1.165) is 37.9 Å². The molecule has 0 atom stereocenters. The number of nitrogens with zero attached hydrogens (tertiary/aromatic N) is 1. The van der Waals surface area contributed by atoms with E-state index in [1.54, 1.807) is 6.20 Å². The number of nitrogens with one attached hydrogen (secondary N) is 1. The van der Waals surface area contributed by atoms with E-state index < -0.39 is 0 Å². The van der Waals surface area contributed by atoms with E-state index in [-0.39, 0.29) is 6.03 Å². The minimum atomic E-state index is -0.0311. The Bertz CT molecular complexity index is 722. The lowest BCUT2D eigenvalue weighted by atomic mass is 9.90. The first-order chi connectivity index (χ1) is 12.2. The lowest BCUT2D eigenvalue weighted by molar-refractivity contribution is 0.173. The summed E-state index contributed by atoms with van der Waals surface area (Å²) in [5.74, 6) is 0.661. The Labute approximate surface area is 154 Å². The van der Waals surface area contributed by atoms with Gasteiger partial charge in [-0.05, 0) is 54.5 Å². The summed E-state index contributed by atoms with van der Waals surface area (Å²) in [6.45, 7) is 1.63. The second-order valence-corrected chi connectivity index (χ2v) is 6.89. The van der Waals surface area contributed by atoms with Crippen LogP contribution in [0.3, 0.4) is 0 Å². The largest absolute Gasteiger partial charge is 0.325 e. The average molecular weight is 355 g/mol. The molecule has 0 aromatic heterocycles. The third-order valence-corrected chi connectivity index (χ3v) is 4.84. The molecule has 25 heavy (non-hydrogen) atoms. The van der Waals surface area contributed by atoms with Crippen LogP contribution in [0.2, 0.25) is 5.02 Å². The van der Waals surface area contributed by atoms with Crippen LogP contribution in [0.25, 0.3) is 6.08 Å². The van der Waals surface area contributed by atoms with Crippen molar-refractivity contribution in [3.8, 4) is 0 Å². The Morgan fingerprint density at radius 1 is 1.12 bits per heavy atom. The number of amides is 2. The molecule has 0 radical (unpaired) electrons. The molecule has 1 aliphatic rings. The molecule has 4 heteroatoms. The molecule has 2 amide bonds. The number of urea groups is 1. The first kappa shape index (κ1) is 17.6. The minimum Gasteiger partial charge on any atom is -0.325 e. The number of carbonyl (C=O) groups excluding carboxylic acids is 1. The summed E-state index contributed by atoms with van der Waals surface area (Å²) in [7, 11) is 0. The van der Waals surface area contributed by atoms with E-state index >= 15 is 0 Å². The van der Waals surface area contributed by atoms with Crippen molar-refractivity contribution >= 4 is 23.7 Å². The third-order valence-electron chi connectivity index (χ3n) is 4.60. The van der Waals surface area contributed by atoms with Gasteiger partial charge in [-0.2, -0.15) is 0 Å². The summed E-state index contributed by atoms with van der Waals surface area (Å²) in [6, 6.07) is 18.1. The van der Waals surface area contributed by atoms with Crippen molar-refractivity contribution in [2.45, 2.75) is 19.3 Å². The standard InChI is InChI=1S/C21H23ClN2O/c22-20-8-4-7-18(16-20)9-12-23-21(25)24-13-10-19(11-14-24)15-17-5-2-1-3-6-17/h1-9,12,16,19H,10-11,13-15H2,(H,23,25)/b12-9+. The van der Waals surface area contributed by atoms with Gasteiger partial charge in [0, 0.05) is 24.3 Å². The maximum Gasteiger partial charge on any atom is 0.321 e. The van der Waals surface area contributed by atoms with Gasteiger partial charge in [0.2, 0.25) is 0 Å². The number of halogens is 1. The monoisotopic (exact) mass is 354 g/mol. The molecule has 130 valence electrons. The zero-order valence-corrected chi connectivity index (χ0v) is 15.0. The quantitative estimate of drug-likeness (QED) is 0.825. The van der Waals surface area contributed by atoms with Gasteiger partial charge in [-0.15, -0.1) is 0 Å². The van der Waals surface area contributed by atoms with Crippen molar-refractivity contribution in [2.24, 2.45) is 5.92 Å². The Morgan fingerprint density at radius 3 is 2.60 bits per heavy atom. The highest BCUT2D eigenvalue weighted by molar-refractivity contribution is 6.30. The van der Waals surface area contributed by atoms with Crippen LogP contribution in [0.15, 0.2) is 60.8 Å². The van der Waals surface area contributed by atoms with Crippen molar-refractivity contribution in [2.75, 3.05) is 13.1 Å². The van der Waals surface area contributed by atoms with Gasteiger partial charge in [-0.3, -0.25) is 0 Å². The highest BCUT2D eigenvalue weighted by Crippen LogP contribution is 2.21. The SMILES string of the molecule is O=C(N/C=C/c1cccc(Cl)c1)N1CCC(Cc2ccccc2)CC1. The van der Waals surface area contributed by atoms with Crippen molar-refractivity contribution in [3.63, 3.8) is 0 Å². The van der Waals surface area contributed by atoms with Gasteiger partial charge in [0.15, 0.2) is 0 Å². The zero-order chi connectivity index (χ0) is 17.5. The normalized spacial score (nSPS) is 15.5. The summed E-state index contributed by atoms with van der Waals surface area (Å²) in [5.41, 5.74) is 2.35. The second kappa shape index (κ2) is 8.72. The van der Waals surface area contributed by atoms with Gasteiger partial charge in [0.1, 0.15) is 0 Å². The van der Waals surface area contributed by atoms with Gasteiger partial charge < -0.3 is 10.2 Å². The number of likely N-dealkylation sites (tertiary alicyclic amines) is 1. The predicted octanol–water partition coefficient (Wildman–Crippen LogP) is 4.98. The topological polar surface area (TPSA) is 32.3 Å². The van der Waals surface area contributed by atoms with Crippen LogP contribution in [0.1, 0.15) is 24.0 Å². The molecule has 1 fully saturated rings. The Balaban J connectivity index is 1.44. The van der Waals surface area contributed by atoms with Crippen LogP contribution in [0.4, 0.5) is 4.79 Å². The average Bonchev–Trinajstić information content (AvgIpc) is 2.63. The molecule has 0 spiro atoms. The van der Waals surface area contributed by atoms with E-state index in [1.165, 1.54) is 5.56 Å². The van der Waals surface area contributed by atoms with Crippen molar-refractivity contribution in [3.05, 3.63) is 76.9 Å². The summed E-state index contributed by atoms with van der Waals surface area (Å²) >= 11 is 5.95. The van der Waals surface area contributed by atoms with Gasteiger partial charge in [-0.1, -0.05) is 54.1 Å². The zero-order valence-electron chi connectivity index (χ0n) is 14.2. The molecule has 2 aromatic rings. The third kappa shape index (κ3) is 5.36. The fourth-order valence-electron chi connectivity index (χ4n) is 3.20. The number of rotatable bonds is 4. The summed E-state index contributed by atoms with van der Waals surface area (Å²) in [5, 5.41) is 3.54. The maximum absolute atomic E-state index is 12.3. The highest BCUT2D eigenvalue weighted by atomic mass is 35.5. The van der Waals surface area contributed by atoms with E-state index in [1.807, 2.05) is 41.3 Å². The maximum atomic E-state index is 12.3. The fraction of sp³-hybridized carbons (Fsp3) is 0.286. The molecule has 3 rings (SSSR count). The molecule has 1 heterocycles. The lowest BCUT2D eigenvalue weighted by Gasteiger charge is -2.31. The van der Waals surface area contributed by atoms with Gasteiger partial charge in [-0.25, -0.2) is 4.79 Å². The number of carbonyl (C=O) groups is 1. The Hall–Kier alpha value is -2.26. The predicted molar refractivity (Wildman–Crippen MR) is 103 cm³/mol. The second-order valence-electron chi connectivity index (χ2n) is 6.46. The lowest BCUT2D eigenvalue weighted by Crippen LogP contribution is -2.43. The van der Waals surface area contributed by atoms with Crippen LogP contribution in [0.5, 0.6) is 0 Å². The fourth-order valence-corrected chi connectivity index (χ4v) is 3.40. The molecule has 0 unspecified atom stereocenters. The smallest absolute Gasteiger partial charge is 0.321 e. The van der Waals surface area contributed by atoms with E-state index in [0.29, 0.717) is 10.9 Å². The minimum absolute atomic E-state index is 0.0311. The molecule has 2 aromatic carbocycles. The van der Waals surface area contributed by atoms with E-state index in [9.17, 15) is 4.79 Å². The summed E-state index contributed by atoms with van der Waals surface area (Å²) in [6.07, 6.45) is 6.75. The van der Waals surface area contributed by atoms with Crippen LogP contribution < -0.4 is 5.32 Å². The number of benzene rings is 2. The van der Waals surface area contributed by atoms with Crippen LogP contribution in [-0.4, -0.2) is 24.0 Å². The highest BCUT2D eigenvalue weighted by Gasteiger charge is 2.22. The van der Waals surface area contributed by atoms with Crippen molar-refractivity contribution in [1.82, 2.24) is 10.2 Å². The molecule has 0 bridgehead atoms. The molecule has 1 saturated heterocycles. The summed E-state index contributed by atoms with van der Waals surface area (Å²) in [4.78, 5) is 14.2. The van der Waals surface area contributed by atoms with Crippen molar-refractivity contribution < 1.29 is 4.79 Å². The summed E-state index contributed by atoms with van der Waals surface area (Å²) < 4.78 is 0. The molecular formula is C21H23ClN2O. The number of piperidine rings is 1. The van der Waals surface area contributed by atoms with Crippen LogP contribution in [0, 0.1) is 5.92 Å². The van der Waals surface area contributed by atoms with Gasteiger partial charge in [0.05, 0.1) is 0 Å². The van der Waals surface area contributed by atoms with E-state index in [2.05, 4.69) is 29.6 Å². The van der Waals surface area contributed by atoms with Gasteiger partial charge >= 0.3 is 6.03 Å². The molecular weight excluding hydrogens is 332 g/mol. The van der Waals surface area contributed by atoms with E-state index in [4.69, 9.17) is 11.6 Å². The number of hydrogen-bond donors (Lipinski definition) is 1. The van der Waals surface area contributed by atoms with Crippen molar-refractivity contribution in [1.29, 1.82) is 0 Å². The molecule has 0 saturated carbocycles. The van der Waals surface area contributed by atoms with Crippen LogP contribution in [-0.2, 0) is 6.42 Å². The molecule has 1 aliphatic heterocycles. The molecule has 3 nitrogen and oxygen atoms in total. The molecule has 1 N–H and O–H groups in total. The number of hydrogen-bond acceptors (Lipinski definition) is 1. The Morgan fingerprint density at radius 2 is 1.88 bits per heavy atom. The first-order valence-corrected chi connectivity index (χ1v) is 9.10.